The van der Waals surface area contributed by atoms with Crippen LogP contribution in [0.3, 0.4) is 0 Å². The summed E-state index contributed by atoms with van der Waals surface area (Å²) in [5, 5.41) is 6.47. The molecule has 2 heterocycles. The molecule has 0 N–H and O–H groups in total. The van der Waals surface area contributed by atoms with Crippen LogP contribution in [-0.4, -0.2) is 22.8 Å². The molecule has 0 fully saturated rings. The fraction of sp³-hybridized carbons (Fsp3) is 0.625. The van der Waals surface area contributed by atoms with Gasteiger partial charge in [0.05, 0.1) is 11.8 Å². The molecule has 0 amide bonds. The van der Waals surface area contributed by atoms with E-state index in [-0.39, 0.29) is 0 Å². The van der Waals surface area contributed by atoms with Gasteiger partial charge in [0, 0.05) is 0 Å². The monoisotopic (exact) mass is 136 g/mol. The molecule has 0 aromatic heterocycles. The third kappa shape index (κ3) is 0.516. The van der Waals surface area contributed by atoms with Gasteiger partial charge in [-0.3, -0.25) is 5.01 Å². The Morgan fingerprint density at radius 2 is 2.20 bits per heavy atom. The number of hydrazone groups is 1. The van der Waals surface area contributed by atoms with Crippen LogP contribution < -0.4 is 0 Å². The molecule has 0 saturated carbocycles. The first-order chi connectivity index (χ1) is 4.70. The number of hydrogen-bond acceptors (Lipinski definition) is 2. The van der Waals surface area contributed by atoms with Gasteiger partial charge in [-0.1, -0.05) is 6.08 Å². The average molecular weight is 136 g/mol. The van der Waals surface area contributed by atoms with Gasteiger partial charge in [-0.25, -0.2) is 0 Å². The summed E-state index contributed by atoms with van der Waals surface area (Å²) in [7, 11) is 0. The largest absolute Gasteiger partial charge is 0.278 e. The quantitative estimate of drug-likeness (QED) is 0.459. The van der Waals surface area contributed by atoms with Gasteiger partial charge in [0.1, 0.15) is 6.04 Å². The van der Waals surface area contributed by atoms with Gasteiger partial charge in [-0.2, -0.15) is 5.10 Å². The molecule has 10 heavy (non-hydrogen) atoms. The second-order valence-corrected chi connectivity index (χ2v) is 3.18. The van der Waals surface area contributed by atoms with Crippen molar-refractivity contribution >= 4 is 5.71 Å². The Morgan fingerprint density at radius 3 is 2.60 bits per heavy atom. The Morgan fingerprint density at radius 1 is 1.50 bits per heavy atom. The Balaban J connectivity index is 2.31. The van der Waals surface area contributed by atoms with Crippen molar-refractivity contribution in [3.63, 3.8) is 0 Å². The van der Waals surface area contributed by atoms with E-state index in [2.05, 4.69) is 37.0 Å². The lowest BCUT2D eigenvalue weighted by molar-refractivity contribution is 0.225. The number of rotatable bonds is 0. The van der Waals surface area contributed by atoms with Crippen LogP contribution in [0.2, 0.25) is 0 Å². The molecule has 0 bridgehead atoms. The van der Waals surface area contributed by atoms with Gasteiger partial charge in [0.2, 0.25) is 0 Å². The van der Waals surface area contributed by atoms with E-state index in [9.17, 15) is 0 Å². The normalized spacial score (nSPS) is 36.5. The highest BCUT2D eigenvalue weighted by atomic mass is 15.6. The van der Waals surface area contributed by atoms with Gasteiger partial charge >= 0.3 is 0 Å². The van der Waals surface area contributed by atoms with Crippen LogP contribution in [0, 0.1) is 0 Å². The first kappa shape index (κ1) is 5.96. The van der Waals surface area contributed by atoms with E-state index in [0.717, 1.165) is 0 Å². The Labute approximate surface area is 61.2 Å². The number of hydrogen-bond donors (Lipinski definition) is 0. The fourth-order valence-electron chi connectivity index (χ4n) is 1.84. The van der Waals surface area contributed by atoms with Crippen molar-refractivity contribution in [2.45, 2.75) is 32.9 Å². The molecule has 0 aromatic rings. The van der Waals surface area contributed by atoms with Crippen molar-refractivity contribution in [2.75, 3.05) is 0 Å². The third-order valence-electron chi connectivity index (χ3n) is 2.29. The van der Waals surface area contributed by atoms with Crippen LogP contribution in [0.5, 0.6) is 0 Å². The second kappa shape index (κ2) is 1.62. The second-order valence-electron chi connectivity index (χ2n) is 3.18. The average Bonchev–Trinajstić information content (AvgIpc) is 2.01. The van der Waals surface area contributed by atoms with E-state index in [1.54, 1.807) is 0 Å². The molecule has 2 heteroatoms. The Bertz CT molecular complexity index is 227. The van der Waals surface area contributed by atoms with Crippen molar-refractivity contribution in [3.8, 4) is 0 Å². The lowest BCUT2D eigenvalue weighted by atomic mass is 10.1. The number of fused-ring (bicyclic) bond motifs is 1. The highest BCUT2D eigenvalue weighted by Gasteiger charge is 2.37. The molecule has 2 rings (SSSR count). The van der Waals surface area contributed by atoms with Crippen molar-refractivity contribution in [2.24, 2.45) is 5.10 Å². The van der Waals surface area contributed by atoms with Gasteiger partial charge in [-0.05, 0) is 26.3 Å². The van der Waals surface area contributed by atoms with Crippen molar-refractivity contribution in [1.82, 2.24) is 5.01 Å². The van der Waals surface area contributed by atoms with Crippen LogP contribution in [0.25, 0.3) is 0 Å². The van der Waals surface area contributed by atoms with Crippen molar-refractivity contribution < 1.29 is 0 Å². The van der Waals surface area contributed by atoms with Crippen molar-refractivity contribution in [1.29, 1.82) is 0 Å². The maximum atomic E-state index is 4.31. The molecule has 54 valence electrons. The minimum atomic E-state index is 0.522. The van der Waals surface area contributed by atoms with Gasteiger partial charge < -0.3 is 0 Å². The Hall–Kier alpha value is -0.790. The summed E-state index contributed by atoms with van der Waals surface area (Å²) in [6.07, 6.45) is 2.28. The zero-order chi connectivity index (χ0) is 7.30. The molecular weight excluding hydrogens is 124 g/mol. The van der Waals surface area contributed by atoms with Gasteiger partial charge in [-0.15, -0.1) is 0 Å². The standard InChI is InChI=1S/C8H12N2/c1-5-4-6(2)10-8(5)7(3)9-10/h4,6,8H,1-3H3/t6?,8-/m1/s1. The summed E-state index contributed by atoms with van der Waals surface area (Å²) in [6.45, 7) is 6.45. The smallest absolute Gasteiger partial charge is 0.108 e. The predicted molar refractivity (Wildman–Crippen MR) is 42.0 cm³/mol. The summed E-state index contributed by atoms with van der Waals surface area (Å²) in [4.78, 5) is 0. The maximum Gasteiger partial charge on any atom is 0.108 e. The van der Waals surface area contributed by atoms with E-state index in [0.29, 0.717) is 12.1 Å². The molecule has 2 nitrogen and oxygen atoms in total. The van der Waals surface area contributed by atoms with Crippen LogP contribution in [0.1, 0.15) is 20.8 Å². The predicted octanol–water partition coefficient (Wildman–Crippen LogP) is 1.39. The first-order valence-corrected chi connectivity index (χ1v) is 3.72. The zero-order valence-electron chi connectivity index (χ0n) is 6.63. The minimum Gasteiger partial charge on any atom is -0.278 e. The Kier molecular flexibility index (Phi) is 0.967. The van der Waals surface area contributed by atoms with E-state index in [4.69, 9.17) is 0 Å². The van der Waals surface area contributed by atoms with Crippen molar-refractivity contribution in [3.05, 3.63) is 11.6 Å². The highest BCUT2D eigenvalue weighted by Crippen LogP contribution is 2.30. The van der Waals surface area contributed by atoms with E-state index in [1.165, 1.54) is 11.3 Å². The molecule has 0 aliphatic carbocycles. The minimum absolute atomic E-state index is 0.522. The van der Waals surface area contributed by atoms with Gasteiger partial charge in [0.15, 0.2) is 0 Å². The molecule has 0 radical (unpaired) electrons. The van der Waals surface area contributed by atoms with Gasteiger partial charge in [0.25, 0.3) is 0 Å². The summed E-state index contributed by atoms with van der Waals surface area (Å²) >= 11 is 0. The molecule has 1 unspecified atom stereocenters. The summed E-state index contributed by atoms with van der Waals surface area (Å²) in [5.74, 6) is 0. The molecule has 2 aliphatic heterocycles. The van der Waals surface area contributed by atoms with E-state index in [1.807, 2.05) is 0 Å². The van der Waals surface area contributed by atoms with E-state index >= 15 is 0 Å². The van der Waals surface area contributed by atoms with Crippen LogP contribution in [0.4, 0.5) is 0 Å². The molecule has 2 aliphatic rings. The molecule has 2 atom stereocenters. The lowest BCUT2D eigenvalue weighted by Gasteiger charge is -2.35. The van der Waals surface area contributed by atoms with Crippen LogP contribution >= 0.6 is 0 Å². The summed E-state index contributed by atoms with van der Waals surface area (Å²) < 4.78 is 0. The fourth-order valence-corrected chi connectivity index (χ4v) is 1.84. The summed E-state index contributed by atoms with van der Waals surface area (Å²) in [6, 6.07) is 1.07. The summed E-state index contributed by atoms with van der Waals surface area (Å²) in [5.41, 5.74) is 2.72. The highest BCUT2D eigenvalue weighted by molar-refractivity contribution is 5.94. The van der Waals surface area contributed by atoms with Crippen LogP contribution in [0.15, 0.2) is 16.8 Å². The lowest BCUT2D eigenvalue weighted by Crippen LogP contribution is -2.46. The molecule has 0 spiro atoms. The molecule has 0 saturated heterocycles. The number of nitrogens with zero attached hydrogens (tertiary/aromatic N) is 2. The zero-order valence-corrected chi connectivity index (χ0v) is 6.63. The first-order valence-electron chi connectivity index (χ1n) is 3.72. The molecular formula is C8H12N2. The third-order valence-corrected chi connectivity index (χ3v) is 2.29. The molecule has 0 aromatic carbocycles. The topological polar surface area (TPSA) is 15.6 Å². The maximum absolute atomic E-state index is 4.31. The van der Waals surface area contributed by atoms with Crippen LogP contribution in [-0.2, 0) is 0 Å². The SMILES string of the molecule is CC1=CC(C)N2N=C(C)[C@@H]12. The van der Waals surface area contributed by atoms with E-state index < -0.39 is 0 Å².